The summed E-state index contributed by atoms with van der Waals surface area (Å²) >= 11 is 13.6. The topological polar surface area (TPSA) is 78.5 Å². The number of halogens is 2. The number of rotatable bonds is 5. The number of benzene rings is 2. The molecule has 3 amide bonds. The van der Waals surface area contributed by atoms with E-state index in [-0.39, 0.29) is 18.4 Å². The maximum absolute atomic E-state index is 12.8. The summed E-state index contributed by atoms with van der Waals surface area (Å²) in [4.78, 5) is 39.1. The molecule has 0 fully saturated rings. The Bertz CT molecular complexity index is 932. The zero-order valence-electron chi connectivity index (χ0n) is 14.9. The van der Waals surface area contributed by atoms with Crippen molar-refractivity contribution in [2.24, 2.45) is 0 Å². The maximum atomic E-state index is 12.8. The van der Waals surface area contributed by atoms with Gasteiger partial charge in [-0.05, 0) is 37.3 Å². The number of para-hydroxylation sites is 1. The molecule has 146 valence electrons. The van der Waals surface area contributed by atoms with Gasteiger partial charge in [-0.3, -0.25) is 14.4 Å². The third-order valence-corrected chi connectivity index (χ3v) is 5.79. The van der Waals surface area contributed by atoms with Crippen molar-refractivity contribution in [1.29, 1.82) is 0 Å². The summed E-state index contributed by atoms with van der Waals surface area (Å²) in [7, 11) is 0. The number of fused-ring (bicyclic) bond motifs is 1. The standard InChI is InChI=1S/C19H17Cl2N3O3S/c1-2-24(9-16(25)23-18-12(20)4-3-5-13(18)21)19(27)11-6-7-15-14(8-11)22-17(26)10-28-15/h3-8H,2,9-10H2,1H3,(H,22,26)(H,23,25). The Kier molecular flexibility index (Phi) is 6.49. The number of nitrogens with one attached hydrogen (secondary N) is 2. The smallest absolute Gasteiger partial charge is 0.254 e. The van der Waals surface area contributed by atoms with E-state index in [2.05, 4.69) is 10.6 Å². The number of anilines is 2. The number of likely N-dealkylation sites (N-methyl/N-ethyl adjacent to an activating group) is 1. The second-order valence-electron chi connectivity index (χ2n) is 6.01. The average molecular weight is 438 g/mol. The average Bonchev–Trinajstić information content (AvgIpc) is 2.68. The highest BCUT2D eigenvalue weighted by Crippen LogP contribution is 2.32. The van der Waals surface area contributed by atoms with E-state index < -0.39 is 5.91 Å². The Morgan fingerprint density at radius 1 is 1.21 bits per heavy atom. The van der Waals surface area contributed by atoms with Crippen molar-refractivity contribution in [2.75, 3.05) is 29.5 Å². The number of carbonyl (C=O) groups is 3. The number of carbonyl (C=O) groups excluding carboxylic acids is 3. The minimum absolute atomic E-state index is 0.106. The summed E-state index contributed by atoms with van der Waals surface area (Å²) < 4.78 is 0. The monoisotopic (exact) mass is 437 g/mol. The van der Waals surface area contributed by atoms with Gasteiger partial charge in [0.2, 0.25) is 11.8 Å². The van der Waals surface area contributed by atoms with Crippen LogP contribution >= 0.6 is 35.0 Å². The van der Waals surface area contributed by atoms with Crippen LogP contribution in [0.3, 0.4) is 0 Å². The Morgan fingerprint density at radius 3 is 2.61 bits per heavy atom. The van der Waals surface area contributed by atoms with E-state index in [1.54, 1.807) is 43.3 Å². The molecule has 0 spiro atoms. The van der Waals surface area contributed by atoms with E-state index >= 15 is 0 Å². The van der Waals surface area contributed by atoms with Gasteiger partial charge in [-0.15, -0.1) is 11.8 Å². The van der Waals surface area contributed by atoms with Crippen LogP contribution in [-0.2, 0) is 9.59 Å². The minimum Gasteiger partial charge on any atom is -0.330 e. The number of hydrogen-bond acceptors (Lipinski definition) is 4. The SMILES string of the molecule is CCN(CC(=O)Nc1c(Cl)cccc1Cl)C(=O)c1ccc2c(c1)NC(=O)CS2. The van der Waals surface area contributed by atoms with Crippen LogP contribution in [0, 0.1) is 0 Å². The number of hydrogen-bond donors (Lipinski definition) is 2. The molecule has 0 aromatic heterocycles. The Morgan fingerprint density at radius 2 is 1.93 bits per heavy atom. The molecule has 0 bridgehead atoms. The van der Waals surface area contributed by atoms with Crippen molar-refractivity contribution >= 4 is 64.1 Å². The summed E-state index contributed by atoms with van der Waals surface area (Å²) in [6.45, 7) is 1.96. The van der Waals surface area contributed by atoms with Crippen LogP contribution in [0.5, 0.6) is 0 Å². The number of amides is 3. The van der Waals surface area contributed by atoms with Crippen LogP contribution in [0.4, 0.5) is 11.4 Å². The lowest BCUT2D eigenvalue weighted by Crippen LogP contribution is -2.38. The van der Waals surface area contributed by atoms with Crippen LogP contribution in [0.25, 0.3) is 0 Å². The Hall–Kier alpha value is -2.22. The molecule has 0 aliphatic carbocycles. The normalized spacial score (nSPS) is 12.8. The van der Waals surface area contributed by atoms with Gasteiger partial charge < -0.3 is 15.5 Å². The van der Waals surface area contributed by atoms with Crippen molar-refractivity contribution in [3.05, 3.63) is 52.0 Å². The largest absolute Gasteiger partial charge is 0.330 e. The van der Waals surface area contributed by atoms with Gasteiger partial charge in [-0.25, -0.2) is 0 Å². The lowest BCUT2D eigenvalue weighted by atomic mass is 10.1. The Labute approximate surface area is 176 Å². The van der Waals surface area contributed by atoms with Crippen LogP contribution in [0.15, 0.2) is 41.3 Å². The molecule has 0 atom stereocenters. The first-order valence-corrected chi connectivity index (χ1v) is 10.2. The molecule has 0 saturated carbocycles. The fourth-order valence-corrected chi connectivity index (χ4v) is 3.98. The predicted molar refractivity (Wildman–Crippen MR) is 112 cm³/mol. The molecule has 2 aromatic rings. The molecule has 0 unspecified atom stereocenters. The van der Waals surface area contributed by atoms with Gasteiger partial charge in [0.1, 0.15) is 6.54 Å². The fraction of sp³-hybridized carbons (Fsp3) is 0.211. The summed E-state index contributed by atoms with van der Waals surface area (Å²) in [5.74, 6) is -0.473. The van der Waals surface area contributed by atoms with Crippen molar-refractivity contribution in [2.45, 2.75) is 11.8 Å². The second kappa shape index (κ2) is 8.86. The molecule has 1 aliphatic rings. The molecule has 28 heavy (non-hydrogen) atoms. The molecule has 2 N–H and O–H groups in total. The van der Waals surface area contributed by atoms with Crippen molar-refractivity contribution in [1.82, 2.24) is 4.90 Å². The molecule has 1 aliphatic heterocycles. The highest BCUT2D eigenvalue weighted by atomic mass is 35.5. The lowest BCUT2D eigenvalue weighted by Gasteiger charge is -2.22. The van der Waals surface area contributed by atoms with Crippen LogP contribution in [0.2, 0.25) is 10.0 Å². The third-order valence-electron chi connectivity index (χ3n) is 4.09. The van der Waals surface area contributed by atoms with E-state index in [0.29, 0.717) is 39.3 Å². The highest BCUT2D eigenvalue weighted by molar-refractivity contribution is 8.00. The highest BCUT2D eigenvalue weighted by Gasteiger charge is 2.22. The summed E-state index contributed by atoms with van der Waals surface area (Å²) in [5.41, 5.74) is 1.32. The van der Waals surface area contributed by atoms with Crippen molar-refractivity contribution in [3.8, 4) is 0 Å². The number of thioether (sulfide) groups is 1. The van der Waals surface area contributed by atoms with Crippen molar-refractivity contribution < 1.29 is 14.4 Å². The van der Waals surface area contributed by atoms with Gasteiger partial charge in [0.05, 0.1) is 27.2 Å². The molecule has 0 saturated heterocycles. The summed E-state index contributed by atoms with van der Waals surface area (Å²) in [5, 5.41) is 6.04. The van der Waals surface area contributed by atoms with Gasteiger partial charge in [0, 0.05) is 17.0 Å². The Balaban J connectivity index is 1.72. The summed E-state index contributed by atoms with van der Waals surface area (Å²) in [6.07, 6.45) is 0. The van der Waals surface area contributed by atoms with Crippen LogP contribution in [-0.4, -0.2) is 41.5 Å². The molecule has 2 aromatic carbocycles. The maximum Gasteiger partial charge on any atom is 0.254 e. The number of nitrogens with zero attached hydrogens (tertiary/aromatic N) is 1. The molecule has 6 nitrogen and oxygen atoms in total. The summed E-state index contributed by atoms with van der Waals surface area (Å²) in [6, 6.07) is 10.0. The minimum atomic E-state index is -0.410. The first-order valence-electron chi connectivity index (χ1n) is 8.49. The van der Waals surface area contributed by atoms with Gasteiger partial charge in [-0.1, -0.05) is 29.3 Å². The first kappa shape index (κ1) is 20.5. The quantitative estimate of drug-likeness (QED) is 0.736. The molecule has 0 radical (unpaired) electrons. The second-order valence-corrected chi connectivity index (χ2v) is 7.84. The molecule has 1 heterocycles. The first-order chi connectivity index (χ1) is 13.4. The van der Waals surface area contributed by atoms with Crippen LogP contribution < -0.4 is 10.6 Å². The lowest BCUT2D eigenvalue weighted by molar-refractivity contribution is -0.117. The molecule has 9 heteroatoms. The zero-order valence-corrected chi connectivity index (χ0v) is 17.2. The molecule has 3 rings (SSSR count). The van der Waals surface area contributed by atoms with E-state index in [4.69, 9.17) is 23.2 Å². The van der Waals surface area contributed by atoms with Gasteiger partial charge in [0.25, 0.3) is 5.91 Å². The zero-order chi connectivity index (χ0) is 20.3. The third kappa shape index (κ3) is 4.60. The van der Waals surface area contributed by atoms with E-state index in [9.17, 15) is 14.4 Å². The molecular weight excluding hydrogens is 421 g/mol. The van der Waals surface area contributed by atoms with Crippen LogP contribution in [0.1, 0.15) is 17.3 Å². The van der Waals surface area contributed by atoms with Gasteiger partial charge >= 0.3 is 0 Å². The fourth-order valence-electron chi connectivity index (χ4n) is 2.70. The van der Waals surface area contributed by atoms with Gasteiger partial charge in [0.15, 0.2) is 0 Å². The predicted octanol–water partition coefficient (Wildman–Crippen LogP) is 4.14. The molecular formula is C19H17Cl2N3O3S. The van der Waals surface area contributed by atoms with E-state index in [1.807, 2.05) is 0 Å². The van der Waals surface area contributed by atoms with E-state index in [1.165, 1.54) is 16.7 Å². The van der Waals surface area contributed by atoms with Crippen molar-refractivity contribution in [3.63, 3.8) is 0 Å². The van der Waals surface area contributed by atoms with E-state index in [0.717, 1.165) is 4.90 Å². The van der Waals surface area contributed by atoms with Gasteiger partial charge in [-0.2, -0.15) is 0 Å².